The van der Waals surface area contributed by atoms with E-state index in [1.54, 1.807) is 36.4 Å². The molecule has 0 bridgehead atoms. The monoisotopic (exact) mass is 307 g/mol. The molecule has 0 aliphatic carbocycles. The molecule has 0 aromatic heterocycles. The predicted molar refractivity (Wildman–Crippen MR) is 80.6 cm³/mol. The van der Waals surface area contributed by atoms with E-state index in [1.165, 1.54) is 24.1 Å². The largest absolute Gasteiger partial charge is 0.307 e. The second-order valence-electron chi connectivity index (χ2n) is 4.15. The first-order valence-electron chi connectivity index (χ1n) is 5.83. The van der Waals surface area contributed by atoms with Crippen molar-refractivity contribution in [3.8, 4) is 0 Å². The van der Waals surface area contributed by atoms with Gasteiger partial charge in [-0.15, -0.1) is 0 Å². The molecule has 0 aliphatic heterocycles. The maximum absolute atomic E-state index is 12.2. The molecule has 2 aromatic carbocycles. The van der Waals surface area contributed by atoms with Gasteiger partial charge >= 0.3 is 0 Å². The summed E-state index contributed by atoms with van der Waals surface area (Å²) in [6.45, 7) is 0. The third-order valence-corrected chi connectivity index (χ3v) is 3.39. The van der Waals surface area contributed by atoms with Gasteiger partial charge in [-0.3, -0.25) is 9.59 Å². The van der Waals surface area contributed by atoms with Gasteiger partial charge in [0.1, 0.15) is 0 Å². The summed E-state index contributed by atoms with van der Waals surface area (Å²) >= 11 is 11.8. The second-order valence-corrected chi connectivity index (χ2v) is 5.00. The Morgan fingerprint density at radius 1 is 0.950 bits per heavy atom. The molecule has 3 nitrogen and oxygen atoms in total. The quantitative estimate of drug-likeness (QED) is 0.638. The highest BCUT2D eigenvalue weighted by atomic mass is 35.5. The Kier molecular flexibility index (Phi) is 4.42. The fourth-order valence-corrected chi connectivity index (χ4v) is 2.10. The van der Waals surface area contributed by atoms with Crippen LogP contribution in [0.1, 0.15) is 10.4 Å². The van der Waals surface area contributed by atoms with Crippen LogP contribution >= 0.6 is 23.2 Å². The van der Waals surface area contributed by atoms with Crippen LogP contribution in [-0.2, 0) is 4.79 Å². The van der Waals surface area contributed by atoms with E-state index in [0.29, 0.717) is 21.3 Å². The van der Waals surface area contributed by atoms with Crippen molar-refractivity contribution in [2.24, 2.45) is 0 Å². The summed E-state index contributed by atoms with van der Waals surface area (Å²) in [4.78, 5) is 25.5. The van der Waals surface area contributed by atoms with Crippen LogP contribution in [0, 0.1) is 0 Å². The van der Waals surface area contributed by atoms with Crippen molar-refractivity contribution < 1.29 is 9.59 Å². The molecule has 0 spiro atoms. The number of amides is 1. The summed E-state index contributed by atoms with van der Waals surface area (Å²) < 4.78 is 0. The number of carbonyl (C=O) groups is 2. The lowest BCUT2D eigenvalue weighted by Gasteiger charge is -2.17. The predicted octanol–water partition coefficient (Wildman–Crippen LogP) is 3.84. The number of para-hydroxylation sites is 1. The van der Waals surface area contributed by atoms with Gasteiger partial charge in [0.25, 0.3) is 11.7 Å². The third kappa shape index (κ3) is 3.00. The first-order chi connectivity index (χ1) is 9.50. The Balaban J connectivity index is 2.25. The lowest BCUT2D eigenvalue weighted by Crippen LogP contribution is -2.33. The molecule has 0 fully saturated rings. The van der Waals surface area contributed by atoms with Crippen LogP contribution < -0.4 is 4.90 Å². The fraction of sp³-hybridized carbons (Fsp3) is 0.0667. The van der Waals surface area contributed by atoms with Crippen LogP contribution in [0.15, 0.2) is 48.5 Å². The fourth-order valence-electron chi connectivity index (χ4n) is 1.71. The van der Waals surface area contributed by atoms with E-state index in [9.17, 15) is 9.59 Å². The summed E-state index contributed by atoms with van der Waals surface area (Å²) in [6.07, 6.45) is 0. The smallest absolute Gasteiger partial charge is 0.299 e. The molecule has 2 aromatic rings. The van der Waals surface area contributed by atoms with Gasteiger partial charge in [0.2, 0.25) is 0 Å². The Morgan fingerprint density at radius 2 is 1.55 bits per heavy atom. The Labute approximate surface area is 126 Å². The minimum Gasteiger partial charge on any atom is -0.307 e. The van der Waals surface area contributed by atoms with Crippen molar-refractivity contribution in [3.05, 3.63) is 64.1 Å². The van der Waals surface area contributed by atoms with E-state index in [0.717, 1.165) is 0 Å². The van der Waals surface area contributed by atoms with Gasteiger partial charge in [-0.1, -0.05) is 35.3 Å². The molecular weight excluding hydrogens is 297 g/mol. The first kappa shape index (κ1) is 14.6. The molecule has 0 unspecified atom stereocenters. The minimum atomic E-state index is -0.652. The van der Waals surface area contributed by atoms with Crippen molar-refractivity contribution in [1.29, 1.82) is 0 Å². The molecule has 0 saturated heterocycles. The number of likely N-dealkylation sites (N-methyl/N-ethyl adjacent to an activating group) is 1. The average molecular weight is 308 g/mol. The van der Waals surface area contributed by atoms with Crippen LogP contribution in [0.2, 0.25) is 10.0 Å². The van der Waals surface area contributed by atoms with Crippen LogP contribution in [0.25, 0.3) is 0 Å². The van der Waals surface area contributed by atoms with Gasteiger partial charge in [-0.05, 0) is 36.4 Å². The van der Waals surface area contributed by atoms with Crippen LogP contribution in [0.4, 0.5) is 5.69 Å². The van der Waals surface area contributed by atoms with Gasteiger partial charge in [0.15, 0.2) is 0 Å². The molecule has 0 atom stereocenters. The maximum atomic E-state index is 12.2. The molecule has 1 amide bonds. The topological polar surface area (TPSA) is 37.4 Å². The third-order valence-electron chi connectivity index (χ3n) is 2.82. The number of benzene rings is 2. The summed E-state index contributed by atoms with van der Waals surface area (Å²) in [6, 6.07) is 13.0. The van der Waals surface area contributed by atoms with E-state index in [-0.39, 0.29) is 0 Å². The van der Waals surface area contributed by atoms with Crippen molar-refractivity contribution in [2.45, 2.75) is 0 Å². The molecule has 102 valence electrons. The number of rotatable bonds is 3. The number of ketones is 1. The van der Waals surface area contributed by atoms with E-state index in [4.69, 9.17) is 23.2 Å². The number of anilines is 1. The van der Waals surface area contributed by atoms with Gasteiger partial charge in [-0.2, -0.15) is 0 Å². The van der Waals surface area contributed by atoms with Gasteiger partial charge in [0.05, 0.1) is 10.7 Å². The molecule has 20 heavy (non-hydrogen) atoms. The van der Waals surface area contributed by atoms with Crippen molar-refractivity contribution in [3.63, 3.8) is 0 Å². The van der Waals surface area contributed by atoms with Gasteiger partial charge in [0, 0.05) is 17.6 Å². The van der Waals surface area contributed by atoms with E-state index >= 15 is 0 Å². The van der Waals surface area contributed by atoms with Crippen LogP contribution in [-0.4, -0.2) is 18.7 Å². The first-order valence-corrected chi connectivity index (χ1v) is 6.59. The standard InChI is InChI=1S/C15H11Cl2NO2/c1-18(13-5-3-2-4-12(13)17)15(20)14(19)10-6-8-11(16)9-7-10/h2-9H,1H3. The van der Waals surface area contributed by atoms with Crippen molar-refractivity contribution in [1.82, 2.24) is 0 Å². The van der Waals surface area contributed by atoms with Crippen LogP contribution in [0.5, 0.6) is 0 Å². The number of nitrogens with zero attached hydrogens (tertiary/aromatic N) is 1. The molecular formula is C15H11Cl2NO2. The zero-order valence-corrected chi connectivity index (χ0v) is 12.2. The summed E-state index contributed by atoms with van der Waals surface area (Å²) in [5.41, 5.74) is 0.778. The molecule has 0 saturated carbocycles. The summed E-state index contributed by atoms with van der Waals surface area (Å²) in [7, 11) is 1.51. The summed E-state index contributed by atoms with van der Waals surface area (Å²) in [5.74, 6) is -1.26. The zero-order chi connectivity index (χ0) is 14.7. The SMILES string of the molecule is CN(C(=O)C(=O)c1ccc(Cl)cc1)c1ccccc1Cl. The molecule has 0 aliphatic rings. The number of carbonyl (C=O) groups excluding carboxylic acids is 2. The molecule has 0 N–H and O–H groups in total. The highest BCUT2D eigenvalue weighted by molar-refractivity contribution is 6.48. The molecule has 0 radical (unpaired) electrons. The van der Waals surface area contributed by atoms with Crippen molar-refractivity contribution >= 4 is 40.6 Å². The normalized spacial score (nSPS) is 10.2. The van der Waals surface area contributed by atoms with Crippen molar-refractivity contribution in [2.75, 3.05) is 11.9 Å². The Morgan fingerprint density at radius 3 is 2.15 bits per heavy atom. The minimum absolute atomic E-state index is 0.290. The van der Waals surface area contributed by atoms with E-state index in [2.05, 4.69) is 0 Å². The van der Waals surface area contributed by atoms with Gasteiger partial charge < -0.3 is 4.90 Å². The van der Waals surface area contributed by atoms with E-state index < -0.39 is 11.7 Å². The van der Waals surface area contributed by atoms with Gasteiger partial charge in [-0.25, -0.2) is 0 Å². The number of hydrogen-bond donors (Lipinski definition) is 0. The second kappa shape index (κ2) is 6.07. The Hall–Kier alpha value is -1.84. The molecule has 0 heterocycles. The lowest BCUT2D eigenvalue weighted by atomic mass is 10.1. The van der Waals surface area contributed by atoms with Crippen LogP contribution in [0.3, 0.4) is 0 Å². The lowest BCUT2D eigenvalue weighted by molar-refractivity contribution is -0.114. The maximum Gasteiger partial charge on any atom is 0.299 e. The van der Waals surface area contributed by atoms with E-state index in [1.807, 2.05) is 0 Å². The Bertz CT molecular complexity index is 653. The number of halogens is 2. The highest BCUT2D eigenvalue weighted by Crippen LogP contribution is 2.24. The molecule has 5 heteroatoms. The molecule has 2 rings (SSSR count). The zero-order valence-electron chi connectivity index (χ0n) is 10.6. The number of Topliss-reactive ketones (excluding diaryl/α,β-unsaturated/α-hetero) is 1. The average Bonchev–Trinajstić information content (AvgIpc) is 2.46. The highest BCUT2D eigenvalue weighted by Gasteiger charge is 2.22. The summed E-state index contributed by atoms with van der Waals surface area (Å²) in [5, 5.41) is 0.917. The number of hydrogen-bond acceptors (Lipinski definition) is 2.